The maximum absolute atomic E-state index is 12.3. The van der Waals surface area contributed by atoms with E-state index in [0.717, 1.165) is 6.42 Å². The van der Waals surface area contributed by atoms with Crippen molar-refractivity contribution >= 4 is 5.97 Å². The lowest BCUT2D eigenvalue weighted by atomic mass is 9.88. The Morgan fingerprint density at radius 3 is 2.23 bits per heavy atom. The van der Waals surface area contributed by atoms with Crippen LogP contribution in [-0.4, -0.2) is 93.6 Å². The van der Waals surface area contributed by atoms with Crippen LogP contribution >= 0.6 is 0 Å². The summed E-state index contributed by atoms with van der Waals surface area (Å²) in [5.41, 5.74) is -2.00. The molecule has 1 rings (SSSR count). The molecular formula is C16H28O10. The van der Waals surface area contributed by atoms with Crippen LogP contribution in [0, 0.1) is 0 Å². The first-order chi connectivity index (χ1) is 12.4. The lowest BCUT2D eigenvalue weighted by Crippen LogP contribution is -2.50. The summed E-state index contributed by atoms with van der Waals surface area (Å²) >= 11 is 0. The lowest BCUT2D eigenvalue weighted by Gasteiger charge is -2.35. The van der Waals surface area contributed by atoms with Crippen LogP contribution in [-0.2, 0) is 19.0 Å². The number of hydrogen-bond acceptors (Lipinski definition) is 10. The summed E-state index contributed by atoms with van der Waals surface area (Å²) in [6.45, 7) is -0.498. The molecule has 26 heavy (non-hydrogen) atoms. The summed E-state index contributed by atoms with van der Waals surface area (Å²) in [4.78, 5) is 12.3. The van der Waals surface area contributed by atoms with E-state index < -0.39 is 62.7 Å². The third kappa shape index (κ3) is 5.29. The van der Waals surface area contributed by atoms with Gasteiger partial charge in [0.15, 0.2) is 5.76 Å². The zero-order valence-electron chi connectivity index (χ0n) is 14.7. The Kier molecular flexibility index (Phi) is 9.27. The second-order valence-electron chi connectivity index (χ2n) is 6.03. The van der Waals surface area contributed by atoms with Crippen molar-refractivity contribution in [1.82, 2.24) is 0 Å². The van der Waals surface area contributed by atoms with Gasteiger partial charge in [-0.05, 0) is 6.42 Å². The van der Waals surface area contributed by atoms with Gasteiger partial charge in [-0.2, -0.15) is 0 Å². The summed E-state index contributed by atoms with van der Waals surface area (Å²) in [6, 6.07) is 0. The molecule has 0 aromatic heterocycles. The van der Waals surface area contributed by atoms with Crippen molar-refractivity contribution in [3.63, 3.8) is 0 Å². The number of carbonyl (C=O) groups is 1. The SMILES string of the molecule is CCCCOC1=C(OCC(O)CO)[C@@](CC(O)CO)([C@@H](O)CO)OC1=O. The maximum Gasteiger partial charge on any atom is 0.378 e. The predicted molar refractivity (Wildman–Crippen MR) is 86.6 cm³/mol. The number of carbonyl (C=O) groups excluding carboxylic acids is 1. The molecule has 0 aromatic rings. The molecule has 4 atom stereocenters. The normalized spacial score (nSPS) is 23.6. The van der Waals surface area contributed by atoms with Crippen molar-refractivity contribution in [2.75, 3.05) is 33.0 Å². The van der Waals surface area contributed by atoms with Gasteiger partial charge >= 0.3 is 5.97 Å². The standard InChI is InChI=1S/C16H28O10/c1-2-3-4-24-13-14(25-9-11(21)7-18)16(12(22)8-19,26-15(13)23)5-10(20)6-17/h10-12,17-22H,2-9H2,1H3/t10?,11?,12-,16+/m0/s1. The molecule has 1 heterocycles. The highest BCUT2D eigenvalue weighted by Crippen LogP contribution is 2.41. The summed E-state index contributed by atoms with van der Waals surface area (Å²) in [5.74, 6) is -1.62. The number of aliphatic hydroxyl groups excluding tert-OH is 6. The Balaban J connectivity index is 3.26. The number of ether oxygens (including phenoxy) is 3. The second kappa shape index (κ2) is 10.7. The van der Waals surface area contributed by atoms with Crippen molar-refractivity contribution in [2.24, 2.45) is 0 Å². The van der Waals surface area contributed by atoms with Crippen molar-refractivity contribution in [3.8, 4) is 0 Å². The number of aliphatic hydroxyl groups is 6. The smallest absolute Gasteiger partial charge is 0.378 e. The molecule has 0 fully saturated rings. The molecule has 0 aromatic carbocycles. The molecule has 1 aliphatic rings. The van der Waals surface area contributed by atoms with E-state index in [1.165, 1.54) is 0 Å². The number of esters is 1. The minimum atomic E-state index is -2.00. The van der Waals surface area contributed by atoms with Gasteiger partial charge < -0.3 is 44.8 Å². The third-order valence-corrected chi connectivity index (χ3v) is 3.89. The molecule has 152 valence electrons. The van der Waals surface area contributed by atoms with Crippen LogP contribution in [0.15, 0.2) is 11.5 Å². The topological polar surface area (TPSA) is 166 Å². The summed E-state index contributed by atoms with van der Waals surface area (Å²) in [6.07, 6.45) is -3.40. The molecule has 0 amide bonds. The molecule has 10 heteroatoms. The minimum absolute atomic E-state index is 0.157. The summed E-state index contributed by atoms with van der Waals surface area (Å²) < 4.78 is 16.0. The second-order valence-corrected chi connectivity index (χ2v) is 6.03. The van der Waals surface area contributed by atoms with Gasteiger partial charge in [0.1, 0.15) is 18.8 Å². The van der Waals surface area contributed by atoms with E-state index in [1.54, 1.807) is 0 Å². The average Bonchev–Trinajstić information content (AvgIpc) is 2.90. The van der Waals surface area contributed by atoms with E-state index in [1.807, 2.05) is 6.92 Å². The zero-order chi connectivity index (χ0) is 19.7. The first-order valence-electron chi connectivity index (χ1n) is 8.46. The molecule has 0 saturated heterocycles. The molecule has 0 saturated carbocycles. The zero-order valence-corrected chi connectivity index (χ0v) is 14.7. The fraction of sp³-hybridized carbons (Fsp3) is 0.812. The Hall–Kier alpha value is -1.43. The molecule has 10 nitrogen and oxygen atoms in total. The quantitative estimate of drug-likeness (QED) is 0.152. The fourth-order valence-electron chi connectivity index (χ4n) is 2.46. The third-order valence-electron chi connectivity index (χ3n) is 3.89. The van der Waals surface area contributed by atoms with E-state index in [-0.39, 0.29) is 18.1 Å². The molecule has 0 aliphatic carbocycles. The van der Waals surface area contributed by atoms with Gasteiger partial charge in [-0.3, -0.25) is 0 Å². The largest absolute Gasteiger partial charge is 0.487 e. The van der Waals surface area contributed by atoms with Gasteiger partial charge in [0.2, 0.25) is 11.4 Å². The first kappa shape index (κ1) is 22.6. The Bertz CT molecular complexity index is 480. The molecule has 0 bridgehead atoms. The van der Waals surface area contributed by atoms with Gasteiger partial charge in [-0.25, -0.2) is 4.79 Å². The number of hydrogen-bond donors (Lipinski definition) is 6. The molecular weight excluding hydrogens is 352 g/mol. The monoisotopic (exact) mass is 380 g/mol. The molecule has 1 aliphatic heterocycles. The van der Waals surface area contributed by atoms with E-state index in [4.69, 9.17) is 24.4 Å². The lowest BCUT2D eigenvalue weighted by molar-refractivity contribution is -0.172. The average molecular weight is 380 g/mol. The van der Waals surface area contributed by atoms with E-state index in [9.17, 15) is 25.2 Å². The molecule has 0 spiro atoms. The maximum atomic E-state index is 12.3. The number of cyclic esters (lactones) is 1. The van der Waals surface area contributed by atoms with Gasteiger partial charge in [-0.15, -0.1) is 0 Å². The van der Waals surface area contributed by atoms with Crippen molar-refractivity contribution in [1.29, 1.82) is 0 Å². The van der Waals surface area contributed by atoms with E-state index in [0.29, 0.717) is 6.42 Å². The molecule has 2 unspecified atom stereocenters. The van der Waals surface area contributed by atoms with Crippen LogP contribution in [0.5, 0.6) is 0 Å². The Morgan fingerprint density at radius 2 is 1.69 bits per heavy atom. The Morgan fingerprint density at radius 1 is 1.04 bits per heavy atom. The Labute approximate surface area is 151 Å². The van der Waals surface area contributed by atoms with E-state index >= 15 is 0 Å². The summed E-state index contributed by atoms with van der Waals surface area (Å²) in [5, 5.41) is 57.0. The highest BCUT2D eigenvalue weighted by Gasteiger charge is 2.56. The highest BCUT2D eigenvalue weighted by molar-refractivity contribution is 5.90. The number of rotatable bonds is 13. The predicted octanol–water partition coefficient (Wildman–Crippen LogP) is -2.22. The van der Waals surface area contributed by atoms with Crippen LogP contribution in [0.3, 0.4) is 0 Å². The summed E-state index contributed by atoms with van der Waals surface area (Å²) in [7, 11) is 0. The number of unbranched alkanes of at least 4 members (excludes halogenated alkanes) is 1. The van der Waals surface area contributed by atoms with Gasteiger partial charge in [-0.1, -0.05) is 13.3 Å². The molecule has 6 N–H and O–H groups in total. The van der Waals surface area contributed by atoms with Crippen LogP contribution in [0.4, 0.5) is 0 Å². The van der Waals surface area contributed by atoms with Gasteiger partial charge in [0, 0.05) is 6.42 Å². The van der Waals surface area contributed by atoms with Gasteiger partial charge in [0.05, 0.1) is 32.5 Å². The van der Waals surface area contributed by atoms with Crippen LogP contribution in [0.2, 0.25) is 0 Å². The van der Waals surface area contributed by atoms with Crippen molar-refractivity contribution in [3.05, 3.63) is 11.5 Å². The van der Waals surface area contributed by atoms with Gasteiger partial charge in [0.25, 0.3) is 0 Å². The fourth-order valence-corrected chi connectivity index (χ4v) is 2.46. The molecule has 0 radical (unpaired) electrons. The highest BCUT2D eigenvalue weighted by atomic mass is 16.6. The van der Waals surface area contributed by atoms with Crippen LogP contribution < -0.4 is 0 Å². The van der Waals surface area contributed by atoms with Crippen molar-refractivity contribution in [2.45, 2.75) is 50.1 Å². The van der Waals surface area contributed by atoms with Crippen LogP contribution in [0.1, 0.15) is 26.2 Å². The van der Waals surface area contributed by atoms with E-state index in [2.05, 4.69) is 0 Å². The van der Waals surface area contributed by atoms with Crippen LogP contribution in [0.25, 0.3) is 0 Å². The van der Waals surface area contributed by atoms with Crippen molar-refractivity contribution < 1.29 is 49.6 Å². The first-order valence-corrected chi connectivity index (χ1v) is 8.46. The minimum Gasteiger partial charge on any atom is -0.487 e.